The standard InChI is InChI=1S/C26H34N3O/c1-7-27(8-2)22-15-16-24-23(19-22)26(5,6)25(28(24)9-3)17-18-29(20(4)30)21-13-11-10-12-14-21/h10-19H,7-9H2,1-6H3/q+1. The molecule has 1 heterocycles. The van der Waals surface area contributed by atoms with E-state index >= 15 is 0 Å². The highest BCUT2D eigenvalue weighted by molar-refractivity contribution is 6.04. The highest BCUT2D eigenvalue weighted by atomic mass is 16.2. The number of benzene rings is 2. The fraction of sp³-hybridized carbons (Fsp3) is 0.385. The summed E-state index contributed by atoms with van der Waals surface area (Å²) in [6.45, 7) is 15.6. The molecule has 0 saturated heterocycles. The second-order valence-electron chi connectivity index (χ2n) is 8.17. The average Bonchev–Trinajstić information content (AvgIpc) is 2.96. The molecule has 2 aromatic carbocycles. The van der Waals surface area contributed by atoms with Gasteiger partial charge in [0.05, 0.1) is 5.41 Å². The minimum atomic E-state index is -0.149. The van der Waals surface area contributed by atoms with Crippen LogP contribution in [0.2, 0.25) is 0 Å². The van der Waals surface area contributed by atoms with E-state index in [0.717, 1.165) is 25.3 Å². The van der Waals surface area contributed by atoms with Crippen LogP contribution in [0.3, 0.4) is 0 Å². The fourth-order valence-electron chi connectivity index (χ4n) is 4.40. The van der Waals surface area contributed by atoms with Crippen LogP contribution in [-0.4, -0.2) is 35.8 Å². The predicted octanol–water partition coefficient (Wildman–Crippen LogP) is 5.50. The van der Waals surface area contributed by atoms with Gasteiger partial charge in [-0.2, -0.15) is 4.58 Å². The summed E-state index contributed by atoms with van der Waals surface area (Å²) in [4.78, 5) is 16.4. The van der Waals surface area contributed by atoms with Gasteiger partial charge in [0.1, 0.15) is 6.54 Å². The lowest BCUT2D eigenvalue weighted by molar-refractivity contribution is -0.433. The van der Waals surface area contributed by atoms with E-state index in [2.05, 4.69) is 68.4 Å². The zero-order valence-corrected chi connectivity index (χ0v) is 19.1. The van der Waals surface area contributed by atoms with Crippen molar-refractivity contribution in [1.29, 1.82) is 0 Å². The molecule has 0 bridgehead atoms. The van der Waals surface area contributed by atoms with Crippen LogP contribution in [0, 0.1) is 0 Å². The first-order valence-corrected chi connectivity index (χ1v) is 10.9. The quantitative estimate of drug-likeness (QED) is 0.570. The topological polar surface area (TPSA) is 26.6 Å². The molecule has 4 heteroatoms. The lowest BCUT2D eigenvalue weighted by atomic mass is 9.81. The van der Waals surface area contributed by atoms with E-state index < -0.39 is 0 Å². The summed E-state index contributed by atoms with van der Waals surface area (Å²) in [5.74, 6) is -0.00163. The molecule has 158 valence electrons. The minimum Gasteiger partial charge on any atom is -0.372 e. The summed E-state index contributed by atoms with van der Waals surface area (Å²) in [7, 11) is 0. The van der Waals surface area contributed by atoms with Crippen molar-refractivity contribution in [2.24, 2.45) is 0 Å². The monoisotopic (exact) mass is 404 g/mol. The number of carbonyl (C=O) groups is 1. The van der Waals surface area contributed by atoms with Crippen LogP contribution in [0.25, 0.3) is 0 Å². The molecule has 0 saturated carbocycles. The largest absolute Gasteiger partial charge is 0.372 e. The Kier molecular flexibility index (Phi) is 6.45. The highest BCUT2D eigenvalue weighted by Gasteiger charge is 2.44. The zero-order chi connectivity index (χ0) is 21.9. The van der Waals surface area contributed by atoms with Gasteiger partial charge in [0.15, 0.2) is 5.71 Å². The van der Waals surface area contributed by atoms with Gasteiger partial charge in [0.2, 0.25) is 11.6 Å². The van der Waals surface area contributed by atoms with E-state index in [1.807, 2.05) is 36.5 Å². The van der Waals surface area contributed by atoms with E-state index in [-0.39, 0.29) is 11.3 Å². The van der Waals surface area contributed by atoms with E-state index in [4.69, 9.17) is 0 Å². The summed E-state index contributed by atoms with van der Waals surface area (Å²) in [5.41, 5.74) is 5.79. The predicted molar refractivity (Wildman–Crippen MR) is 127 cm³/mol. The number of hydrogen-bond acceptors (Lipinski definition) is 2. The van der Waals surface area contributed by atoms with Crippen molar-refractivity contribution in [3.05, 3.63) is 66.4 Å². The Balaban J connectivity index is 2.03. The fourth-order valence-corrected chi connectivity index (χ4v) is 4.40. The number of amides is 1. The molecule has 0 spiro atoms. The van der Waals surface area contributed by atoms with Gasteiger partial charge in [0, 0.05) is 55.3 Å². The maximum Gasteiger partial charge on any atom is 0.227 e. The molecule has 0 aromatic heterocycles. The number of anilines is 2. The lowest BCUT2D eigenvalue weighted by Gasteiger charge is -2.23. The molecule has 2 aromatic rings. The van der Waals surface area contributed by atoms with Gasteiger partial charge in [-0.15, -0.1) is 0 Å². The first-order chi connectivity index (χ1) is 14.3. The summed E-state index contributed by atoms with van der Waals surface area (Å²) >= 11 is 0. The van der Waals surface area contributed by atoms with Crippen molar-refractivity contribution in [2.75, 3.05) is 29.4 Å². The summed E-state index contributed by atoms with van der Waals surface area (Å²) in [5, 5.41) is 0. The van der Waals surface area contributed by atoms with Gasteiger partial charge >= 0.3 is 0 Å². The third-order valence-electron chi connectivity index (χ3n) is 6.08. The molecule has 30 heavy (non-hydrogen) atoms. The van der Waals surface area contributed by atoms with E-state index in [9.17, 15) is 4.79 Å². The molecule has 0 fully saturated rings. The molecule has 0 radical (unpaired) electrons. The first kappa shape index (κ1) is 21.8. The maximum atomic E-state index is 12.3. The van der Waals surface area contributed by atoms with Crippen molar-refractivity contribution >= 4 is 28.7 Å². The van der Waals surface area contributed by atoms with Gasteiger partial charge in [-0.1, -0.05) is 18.2 Å². The number of para-hydroxylation sites is 1. The van der Waals surface area contributed by atoms with Crippen LogP contribution in [0.5, 0.6) is 0 Å². The zero-order valence-electron chi connectivity index (χ0n) is 19.1. The number of carbonyl (C=O) groups excluding carboxylic acids is 1. The van der Waals surface area contributed by atoms with Crippen molar-refractivity contribution in [1.82, 2.24) is 0 Å². The van der Waals surface area contributed by atoms with Gasteiger partial charge in [-0.3, -0.25) is 9.69 Å². The van der Waals surface area contributed by atoms with E-state index in [0.29, 0.717) is 0 Å². The Hall–Kier alpha value is -2.88. The molecule has 0 atom stereocenters. The van der Waals surface area contributed by atoms with Gasteiger partial charge in [-0.25, -0.2) is 0 Å². The van der Waals surface area contributed by atoms with Crippen molar-refractivity contribution < 1.29 is 9.37 Å². The van der Waals surface area contributed by atoms with Gasteiger partial charge < -0.3 is 4.90 Å². The first-order valence-electron chi connectivity index (χ1n) is 10.9. The van der Waals surface area contributed by atoms with Crippen molar-refractivity contribution in [3.63, 3.8) is 0 Å². The molecular formula is C26H34N3O+. The normalized spacial score (nSPS) is 14.9. The molecule has 0 N–H and O–H groups in total. The SMILES string of the molecule is CCN(CC)c1ccc2c(c1)C(C)(C)C(/C=C/N(C(C)=O)c1ccccc1)=[N+]2CC. The van der Waals surface area contributed by atoms with Crippen LogP contribution < -0.4 is 9.80 Å². The Bertz CT molecular complexity index is 969. The Morgan fingerprint density at radius 2 is 1.67 bits per heavy atom. The highest BCUT2D eigenvalue weighted by Crippen LogP contribution is 2.42. The maximum absolute atomic E-state index is 12.3. The second-order valence-corrected chi connectivity index (χ2v) is 8.17. The molecule has 0 aliphatic carbocycles. The third kappa shape index (κ3) is 3.91. The van der Waals surface area contributed by atoms with E-state index in [1.165, 1.54) is 22.6 Å². The Morgan fingerprint density at radius 1 is 1.00 bits per heavy atom. The second kappa shape index (κ2) is 8.86. The smallest absolute Gasteiger partial charge is 0.227 e. The van der Waals surface area contributed by atoms with Crippen LogP contribution in [0.15, 0.2) is 60.8 Å². The van der Waals surface area contributed by atoms with Crippen LogP contribution in [0.4, 0.5) is 17.1 Å². The van der Waals surface area contributed by atoms with Gasteiger partial charge in [0.25, 0.3) is 0 Å². The number of rotatable bonds is 7. The molecule has 1 amide bonds. The molecule has 1 aliphatic heterocycles. The van der Waals surface area contributed by atoms with E-state index in [1.54, 1.807) is 11.8 Å². The number of hydrogen-bond donors (Lipinski definition) is 0. The Labute approximate surface area is 181 Å². The summed E-state index contributed by atoms with van der Waals surface area (Å²) < 4.78 is 2.36. The number of allylic oxidation sites excluding steroid dienone is 1. The average molecular weight is 405 g/mol. The molecule has 4 nitrogen and oxygen atoms in total. The van der Waals surface area contributed by atoms with Crippen molar-refractivity contribution in [3.8, 4) is 0 Å². The molecule has 0 unspecified atom stereocenters. The number of nitrogens with zero attached hydrogens (tertiary/aromatic N) is 3. The van der Waals surface area contributed by atoms with Crippen molar-refractivity contribution in [2.45, 2.75) is 47.0 Å². The molecule has 1 aliphatic rings. The molecule has 3 rings (SSSR count). The van der Waals surface area contributed by atoms with Crippen LogP contribution >= 0.6 is 0 Å². The number of fused-ring (bicyclic) bond motifs is 1. The lowest BCUT2D eigenvalue weighted by Crippen LogP contribution is -2.29. The Morgan fingerprint density at radius 3 is 2.23 bits per heavy atom. The molecular weight excluding hydrogens is 370 g/mol. The summed E-state index contributed by atoms with van der Waals surface area (Å²) in [6, 6.07) is 16.6. The minimum absolute atomic E-state index is 0.00163. The third-order valence-corrected chi connectivity index (χ3v) is 6.08. The summed E-state index contributed by atoms with van der Waals surface area (Å²) in [6.07, 6.45) is 4.02. The van der Waals surface area contributed by atoms with Crippen LogP contribution in [0.1, 0.15) is 47.1 Å². The van der Waals surface area contributed by atoms with Crippen LogP contribution in [-0.2, 0) is 10.2 Å². The van der Waals surface area contributed by atoms with Gasteiger partial charge in [-0.05, 0) is 58.9 Å².